The highest BCUT2D eigenvalue weighted by Gasteiger charge is 2.14. The monoisotopic (exact) mass is 303 g/mol. The average molecular weight is 303 g/mol. The number of esters is 1. The predicted molar refractivity (Wildman–Crippen MR) is 76.7 cm³/mol. The minimum Gasteiger partial charge on any atom is -0.462 e. The third-order valence-electron chi connectivity index (χ3n) is 2.71. The number of rotatable bonds is 5. The summed E-state index contributed by atoms with van der Waals surface area (Å²) in [5.74, 6) is -1.82. The summed E-state index contributed by atoms with van der Waals surface area (Å²) in [6, 6.07) is 3.71. The average Bonchev–Trinajstić information content (AvgIpc) is 2.49. The van der Waals surface area contributed by atoms with Crippen LogP contribution >= 0.6 is 0 Å². The number of hydrogen-bond acceptors (Lipinski definition) is 5. The molecule has 0 unspecified atom stereocenters. The molecule has 114 valence electrons. The van der Waals surface area contributed by atoms with E-state index in [1.807, 2.05) is 0 Å². The zero-order valence-electron chi connectivity index (χ0n) is 11.9. The molecule has 1 amide bonds. The molecule has 22 heavy (non-hydrogen) atoms. The first-order valence-corrected chi connectivity index (χ1v) is 6.55. The fraction of sp³-hybridized carbons (Fsp3) is 0.200. The summed E-state index contributed by atoms with van der Waals surface area (Å²) >= 11 is 0. The van der Waals surface area contributed by atoms with E-state index in [9.17, 15) is 14.0 Å². The van der Waals surface area contributed by atoms with Crippen LogP contribution in [-0.4, -0.2) is 28.5 Å². The fourth-order valence-electron chi connectivity index (χ4n) is 1.75. The van der Waals surface area contributed by atoms with Crippen LogP contribution in [0.2, 0.25) is 0 Å². The first-order valence-electron chi connectivity index (χ1n) is 6.55. The molecule has 0 spiro atoms. The van der Waals surface area contributed by atoms with Gasteiger partial charge in [0.1, 0.15) is 5.82 Å². The molecule has 0 aliphatic heterocycles. The van der Waals surface area contributed by atoms with E-state index in [0.29, 0.717) is 17.8 Å². The Hall–Kier alpha value is -2.83. The van der Waals surface area contributed by atoms with Crippen molar-refractivity contribution in [2.24, 2.45) is 0 Å². The van der Waals surface area contributed by atoms with Gasteiger partial charge >= 0.3 is 5.97 Å². The normalized spacial score (nSPS) is 10.1. The second-order valence-electron chi connectivity index (χ2n) is 4.46. The van der Waals surface area contributed by atoms with Gasteiger partial charge in [-0.3, -0.25) is 14.8 Å². The van der Waals surface area contributed by atoms with E-state index in [2.05, 4.69) is 15.3 Å². The van der Waals surface area contributed by atoms with E-state index in [1.165, 1.54) is 25.3 Å². The zero-order valence-corrected chi connectivity index (χ0v) is 11.9. The first kappa shape index (κ1) is 15.6. The van der Waals surface area contributed by atoms with E-state index in [4.69, 9.17) is 4.74 Å². The van der Waals surface area contributed by atoms with E-state index < -0.39 is 11.8 Å². The number of anilines is 1. The largest absolute Gasteiger partial charge is 0.462 e. The van der Waals surface area contributed by atoms with Crippen LogP contribution in [-0.2, 0) is 16.0 Å². The van der Waals surface area contributed by atoms with Crippen molar-refractivity contribution < 1.29 is 18.7 Å². The highest BCUT2D eigenvalue weighted by Crippen LogP contribution is 2.16. The molecular formula is C15H14FN3O3. The molecule has 1 N–H and O–H groups in total. The number of aromatic nitrogens is 2. The van der Waals surface area contributed by atoms with Crippen molar-refractivity contribution in [2.75, 3.05) is 11.9 Å². The van der Waals surface area contributed by atoms with Gasteiger partial charge in [-0.2, -0.15) is 0 Å². The number of carbonyl (C=O) groups is 2. The zero-order chi connectivity index (χ0) is 15.9. The fourth-order valence-corrected chi connectivity index (χ4v) is 1.75. The lowest BCUT2D eigenvalue weighted by Crippen LogP contribution is -2.12. The summed E-state index contributed by atoms with van der Waals surface area (Å²) in [5.41, 5.74) is 0.767. The molecule has 0 aliphatic carbocycles. The summed E-state index contributed by atoms with van der Waals surface area (Å²) < 4.78 is 18.7. The third-order valence-corrected chi connectivity index (χ3v) is 2.71. The van der Waals surface area contributed by atoms with E-state index >= 15 is 0 Å². The Labute approximate surface area is 126 Å². The maximum absolute atomic E-state index is 13.7. The van der Waals surface area contributed by atoms with Crippen LogP contribution in [0, 0.1) is 5.82 Å². The van der Waals surface area contributed by atoms with Crippen molar-refractivity contribution in [1.82, 2.24) is 9.97 Å². The molecule has 0 aliphatic rings. The molecule has 0 radical (unpaired) electrons. The van der Waals surface area contributed by atoms with Crippen LogP contribution in [0.1, 0.15) is 23.0 Å². The van der Waals surface area contributed by atoms with Gasteiger partial charge in [0.2, 0.25) is 5.91 Å². The summed E-state index contributed by atoms with van der Waals surface area (Å²) in [7, 11) is 0. The summed E-state index contributed by atoms with van der Waals surface area (Å²) in [4.78, 5) is 30.8. The van der Waals surface area contributed by atoms with Crippen LogP contribution in [0.4, 0.5) is 10.1 Å². The molecule has 0 bridgehead atoms. The van der Waals surface area contributed by atoms with Crippen LogP contribution in [0.5, 0.6) is 0 Å². The number of amides is 1. The second kappa shape index (κ2) is 7.26. The van der Waals surface area contributed by atoms with E-state index in [1.54, 1.807) is 12.4 Å². The maximum atomic E-state index is 13.7. The van der Waals surface area contributed by atoms with E-state index in [0.717, 1.165) is 6.07 Å². The lowest BCUT2D eigenvalue weighted by Gasteiger charge is -2.08. The molecule has 2 rings (SSSR count). The number of halogens is 1. The first-order chi connectivity index (χ1) is 10.6. The lowest BCUT2D eigenvalue weighted by atomic mass is 10.2. The van der Waals surface area contributed by atoms with Crippen molar-refractivity contribution >= 4 is 17.6 Å². The van der Waals surface area contributed by atoms with Gasteiger partial charge < -0.3 is 10.1 Å². The molecule has 1 aromatic heterocycles. The number of hydrogen-bond donors (Lipinski definition) is 1. The molecule has 0 saturated carbocycles. The predicted octanol–water partition coefficient (Wildman–Crippen LogP) is 1.97. The topological polar surface area (TPSA) is 81.2 Å². The van der Waals surface area contributed by atoms with Gasteiger partial charge in [-0.05, 0) is 18.2 Å². The smallest absolute Gasteiger partial charge is 0.341 e. The minimum absolute atomic E-state index is 0.0569. The van der Waals surface area contributed by atoms with Crippen LogP contribution in [0.3, 0.4) is 0 Å². The van der Waals surface area contributed by atoms with Gasteiger partial charge in [-0.25, -0.2) is 9.18 Å². The maximum Gasteiger partial charge on any atom is 0.341 e. The summed E-state index contributed by atoms with van der Waals surface area (Å²) in [5, 5.41) is 2.48. The van der Waals surface area contributed by atoms with Crippen molar-refractivity contribution in [3.8, 4) is 0 Å². The Kier molecular flexibility index (Phi) is 5.13. The van der Waals surface area contributed by atoms with Gasteiger partial charge in [0, 0.05) is 37.6 Å². The molecule has 1 aromatic carbocycles. The van der Waals surface area contributed by atoms with Crippen molar-refractivity contribution in [3.05, 3.63) is 53.9 Å². The van der Waals surface area contributed by atoms with Crippen LogP contribution in [0.25, 0.3) is 0 Å². The summed E-state index contributed by atoms with van der Waals surface area (Å²) in [6.45, 7) is 1.38. The number of ether oxygens (including phenoxy) is 1. The Bertz CT molecular complexity index is 677. The van der Waals surface area contributed by atoms with Crippen LogP contribution in [0.15, 0.2) is 36.8 Å². The number of nitrogens with one attached hydrogen (secondary N) is 1. The number of carbonyl (C=O) groups excluding carboxylic acids is 2. The van der Waals surface area contributed by atoms with Gasteiger partial charge in [0.15, 0.2) is 0 Å². The van der Waals surface area contributed by atoms with Crippen molar-refractivity contribution in [2.45, 2.75) is 13.3 Å². The molecular weight excluding hydrogens is 289 g/mol. The van der Waals surface area contributed by atoms with Gasteiger partial charge in [-0.1, -0.05) is 0 Å². The molecule has 2 aromatic rings. The van der Waals surface area contributed by atoms with Gasteiger partial charge in [0.25, 0.3) is 0 Å². The molecule has 0 saturated heterocycles. The lowest BCUT2D eigenvalue weighted by molar-refractivity contribution is -0.114. The SMILES string of the molecule is CC(=O)Nc1ccc(F)c(C(=O)OCCc2cnccn2)c1. The molecule has 0 atom stereocenters. The molecule has 1 heterocycles. The molecule has 0 fully saturated rings. The highest BCUT2D eigenvalue weighted by molar-refractivity contribution is 5.93. The van der Waals surface area contributed by atoms with Crippen molar-refractivity contribution in [3.63, 3.8) is 0 Å². The van der Waals surface area contributed by atoms with Crippen LogP contribution < -0.4 is 5.32 Å². The second-order valence-corrected chi connectivity index (χ2v) is 4.46. The van der Waals surface area contributed by atoms with Crippen molar-refractivity contribution in [1.29, 1.82) is 0 Å². The third kappa shape index (κ3) is 4.34. The van der Waals surface area contributed by atoms with E-state index in [-0.39, 0.29) is 18.1 Å². The Morgan fingerprint density at radius 2 is 2.14 bits per heavy atom. The quantitative estimate of drug-likeness (QED) is 0.854. The molecule has 6 nitrogen and oxygen atoms in total. The van der Waals surface area contributed by atoms with Gasteiger partial charge in [-0.15, -0.1) is 0 Å². The summed E-state index contributed by atoms with van der Waals surface area (Å²) in [6.07, 6.45) is 5.02. The minimum atomic E-state index is -0.798. The van der Waals surface area contributed by atoms with Gasteiger partial charge in [0.05, 0.1) is 17.9 Å². The number of nitrogens with zero attached hydrogens (tertiary/aromatic N) is 2. The standard InChI is InChI=1S/C15H14FN3O3/c1-10(20)19-11-2-3-14(16)13(8-11)15(21)22-7-4-12-9-17-5-6-18-12/h2-3,5-6,8-9H,4,7H2,1H3,(H,19,20). The molecule has 7 heteroatoms. The Morgan fingerprint density at radius 1 is 1.32 bits per heavy atom. The highest BCUT2D eigenvalue weighted by atomic mass is 19.1. The number of benzene rings is 1. The Morgan fingerprint density at radius 3 is 2.82 bits per heavy atom. The Balaban J connectivity index is 1.98.